The minimum Gasteiger partial charge on any atom is -0.496 e. The quantitative estimate of drug-likeness (QED) is 0.719. The second-order valence-electron chi connectivity index (χ2n) is 5.78. The summed E-state index contributed by atoms with van der Waals surface area (Å²) in [5.41, 5.74) is 0.942. The lowest BCUT2D eigenvalue weighted by atomic mass is 10.1. The average Bonchev–Trinajstić information content (AvgIpc) is 2.50. The number of rotatable bonds is 7. The number of halogens is 1. The van der Waals surface area contributed by atoms with E-state index in [4.69, 9.17) is 4.74 Å². The fraction of sp³-hybridized carbons (Fsp3) is 0.647. The van der Waals surface area contributed by atoms with E-state index in [1.54, 1.807) is 19.2 Å². The highest BCUT2D eigenvalue weighted by atomic mass is 19.1. The monoisotopic (exact) mass is 294 g/mol. The van der Waals surface area contributed by atoms with E-state index in [9.17, 15) is 4.39 Å². The van der Waals surface area contributed by atoms with Gasteiger partial charge < -0.3 is 9.64 Å². The number of methoxy groups -OCH3 is 1. The van der Waals surface area contributed by atoms with Gasteiger partial charge in [-0.1, -0.05) is 19.8 Å². The lowest BCUT2D eigenvalue weighted by Gasteiger charge is -2.34. The number of unbranched alkanes of at least 4 members (excludes halogenated alkanes) is 2. The first-order chi connectivity index (χ1) is 10.2. The molecule has 1 aliphatic rings. The third kappa shape index (κ3) is 4.97. The van der Waals surface area contributed by atoms with Crippen molar-refractivity contribution in [2.75, 3.05) is 39.8 Å². The van der Waals surface area contributed by atoms with E-state index >= 15 is 0 Å². The van der Waals surface area contributed by atoms with Crippen LogP contribution in [0.4, 0.5) is 4.39 Å². The molecule has 118 valence electrons. The van der Waals surface area contributed by atoms with E-state index < -0.39 is 0 Å². The molecule has 0 spiro atoms. The first kappa shape index (κ1) is 16.2. The highest BCUT2D eigenvalue weighted by molar-refractivity contribution is 5.33. The molecule has 0 atom stereocenters. The van der Waals surface area contributed by atoms with Crippen LogP contribution in [0.25, 0.3) is 0 Å². The second-order valence-corrected chi connectivity index (χ2v) is 5.78. The number of nitrogens with zero attached hydrogens (tertiary/aromatic N) is 2. The third-order valence-corrected chi connectivity index (χ3v) is 4.18. The van der Waals surface area contributed by atoms with Gasteiger partial charge in [0.1, 0.15) is 11.6 Å². The molecule has 1 fully saturated rings. The molecule has 4 heteroatoms. The number of hydrogen-bond donors (Lipinski definition) is 0. The van der Waals surface area contributed by atoms with Crippen molar-refractivity contribution in [1.82, 2.24) is 9.80 Å². The van der Waals surface area contributed by atoms with Gasteiger partial charge in [-0.3, -0.25) is 4.90 Å². The molecule has 0 unspecified atom stereocenters. The molecule has 0 bridgehead atoms. The van der Waals surface area contributed by atoms with Gasteiger partial charge in [0, 0.05) is 38.3 Å². The van der Waals surface area contributed by atoms with Crippen LogP contribution < -0.4 is 4.74 Å². The van der Waals surface area contributed by atoms with Crippen molar-refractivity contribution < 1.29 is 9.13 Å². The van der Waals surface area contributed by atoms with Gasteiger partial charge in [0.05, 0.1) is 7.11 Å². The standard InChI is InChI=1S/C17H27FN2O/c1-3-4-5-8-19-9-11-20(12-10-19)14-15-13-16(18)6-7-17(15)21-2/h6-7,13H,3-5,8-12,14H2,1-2H3. The van der Waals surface area contributed by atoms with Crippen molar-refractivity contribution >= 4 is 0 Å². The second kappa shape index (κ2) is 8.35. The molecule has 0 aliphatic carbocycles. The summed E-state index contributed by atoms with van der Waals surface area (Å²) in [6, 6.07) is 4.76. The van der Waals surface area contributed by atoms with Crippen molar-refractivity contribution in [1.29, 1.82) is 0 Å². The van der Waals surface area contributed by atoms with Gasteiger partial charge in [-0.2, -0.15) is 0 Å². The van der Waals surface area contributed by atoms with Crippen LogP contribution in [0.1, 0.15) is 31.7 Å². The van der Waals surface area contributed by atoms with Crippen molar-refractivity contribution in [3.05, 3.63) is 29.6 Å². The summed E-state index contributed by atoms with van der Waals surface area (Å²) >= 11 is 0. The Morgan fingerprint density at radius 3 is 2.48 bits per heavy atom. The van der Waals surface area contributed by atoms with Gasteiger partial charge in [0.25, 0.3) is 0 Å². The molecular formula is C17H27FN2O. The number of benzene rings is 1. The highest BCUT2D eigenvalue weighted by Crippen LogP contribution is 2.21. The molecule has 0 N–H and O–H groups in total. The Balaban J connectivity index is 1.82. The lowest BCUT2D eigenvalue weighted by Crippen LogP contribution is -2.46. The molecule has 1 heterocycles. The Bertz CT molecular complexity index is 431. The van der Waals surface area contributed by atoms with Crippen LogP contribution in [0.2, 0.25) is 0 Å². The molecular weight excluding hydrogens is 267 g/mol. The molecule has 1 aromatic carbocycles. The van der Waals surface area contributed by atoms with Gasteiger partial charge in [0.15, 0.2) is 0 Å². The Morgan fingerprint density at radius 2 is 1.81 bits per heavy atom. The van der Waals surface area contributed by atoms with E-state index in [-0.39, 0.29) is 5.82 Å². The van der Waals surface area contributed by atoms with Gasteiger partial charge in [-0.15, -0.1) is 0 Å². The molecule has 0 saturated carbocycles. The van der Waals surface area contributed by atoms with Crippen LogP contribution in [-0.2, 0) is 6.54 Å². The van der Waals surface area contributed by atoms with E-state index in [1.165, 1.54) is 31.9 Å². The molecule has 3 nitrogen and oxygen atoms in total. The summed E-state index contributed by atoms with van der Waals surface area (Å²) in [5.74, 6) is 0.589. The molecule has 0 amide bonds. The van der Waals surface area contributed by atoms with Crippen LogP contribution >= 0.6 is 0 Å². The first-order valence-corrected chi connectivity index (χ1v) is 8.00. The first-order valence-electron chi connectivity index (χ1n) is 8.00. The summed E-state index contributed by atoms with van der Waals surface area (Å²) in [7, 11) is 1.64. The van der Waals surface area contributed by atoms with Crippen molar-refractivity contribution in [3.8, 4) is 5.75 Å². The number of hydrogen-bond acceptors (Lipinski definition) is 3. The highest BCUT2D eigenvalue weighted by Gasteiger charge is 2.18. The Morgan fingerprint density at radius 1 is 1.10 bits per heavy atom. The van der Waals surface area contributed by atoms with Gasteiger partial charge in [-0.25, -0.2) is 4.39 Å². The van der Waals surface area contributed by atoms with E-state index in [2.05, 4.69) is 16.7 Å². The topological polar surface area (TPSA) is 15.7 Å². The minimum absolute atomic E-state index is 0.191. The molecule has 0 radical (unpaired) electrons. The molecule has 21 heavy (non-hydrogen) atoms. The van der Waals surface area contributed by atoms with Gasteiger partial charge in [-0.05, 0) is 31.2 Å². The maximum atomic E-state index is 13.4. The van der Waals surface area contributed by atoms with Crippen LogP contribution in [0.5, 0.6) is 5.75 Å². The SMILES string of the molecule is CCCCCN1CCN(Cc2cc(F)ccc2OC)CC1. The Kier molecular flexibility index (Phi) is 6.46. The summed E-state index contributed by atoms with van der Waals surface area (Å²) in [4.78, 5) is 4.92. The number of ether oxygens (including phenoxy) is 1. The van der Waals surface area contributed by atoms with E-state index in [0.717, 1.165) is 44.0 Å². The van der Waals surface area contributed by atoms with Crippen LogP contribution in [-0.4, -0.2) is 49.6 Å². The molecule has 1 aliphatic heterocycles. The summed E-state index contributed by atoms with van der Waals surface area (Å²) in [6.45, 7) is 8.54. The van der Waals surface area contributed by atoms with Crippen LogP contribution in [0.3, 0.4) is 0 Å². The maximum absolute atomic E-state index is 13.4. The molecule has 2 rings (SSSR count). The zero-order valence-corrected chi connectivity index (χ0v) is 13.3. The molecule has 0 aromatic heterocycles. The number of piperazine rings is 1. The Labute approximate surface area is 127 Å². The minimum atomic E-state index is -0.191. The van der Waals surface area contributed by atoms with Crippen LogP contribution in [0.15, 0.2) is 18.2 Å². The summed E-state index contributed by atoms with van der Waals surface area (Å²) in [6.07, 6.45) is 3.90. The Hall–Kier alpha value is -1.13. The van der Waals surface area contributed by atoms with Gasteiger partial charge in [0.2, 0.25) is 0 Å². The average molecular weight is 294 g/mol. The fourth-order valence-electron chi connectivity index (χ4n) is 2.87. The zero-order chi connectivity index (χ0) is 15.1. The smallest absolute Gasteiger partial charge is 0.123 e. The predicted octanol–water partition coefficient (Wildman–Crippen LogP) is 3.14. The summed E-state index contributed by atoms with van der Waals surface area (Å²) in [5, 5.41) is 0. The lowest BCUT2D eigenvalue weighted by molar-refractivity contribution is 0.125. The van der Waals surface area contributed by atoms with Crippen molar-refractivity contribution in [2.45, 2.75) is 32.7 Å². The van der Waals surface area contributed by atoms with E-state index in [1.807, 2.05) is 0 Å². The van der Waals surface area contributed by atoms with Crippen molar-refractivity contribution in [3.63, 3.8) is 0 Å². The fourth-order valence-corrected chi connectivity index (χ4v) is 2.87. The predicted molar refractivity (Wildman–Crippen MR) is 84.2 cm³/mol. The molecule has 1 saturated heterocycles. The largest absolute Gasteiger partial charge is 0.496 e. The maximum Gasteiger partial charge on any atom is 0.123 e. The summed E-state index contributed by atoms with van der Waals surface area (Å²) < 4.78 is 18.7. The molecule has 1 aromatic rings. The van der Waals surface area contributed by atoms with Crippen molar-refractivity contribution in [2.24, 2.45) is 0 Å². The normalized spacial score (nSPS) is 17.1. The van der Waals surface area contributed by atoms with E-state index in [0.29, 0.717) is 0 Å². The van der Waals surface area contributed by atoms with Gasteiger partial charge >= 0.3 is 0 Å². The van der Waals surface area contributed by atoms with Crippen LogP contribution in [0, 0.1) is 5.82 Å². The third-order valence-electron chi connectivity index (χ3n) is 4.18. The zero-order valence-electron chi connectivity index (χ0n) is 13.3.